The number of benzene rings is 2. The van der Waals surface area contributed by atoms with Crippen LogP contribution in [0, 0.1) is 0 Å². The summed E-state index contributed by atoms with van der Waals surface area (Å²) in [6.45, 7) is 0. The minimum Gasteiger partial charge on any atom is -0.497 e. The van der Waals surface area contributed by atoms with Crippen molar-refractivity contribution in [3.8, 4) is 5.75 Å². The summed E-state index contributed by atoms with van der Waals surface area (Å²) in [6.07, 6.45) is 4.76. The standard InChI is InChI=1S/C17H16N2O2/c1-21-16-10-7-15(8-11-16)13-18-19-17(20)12-9-14-5-3-2-4-6-14/h2-13H,1H3,(H,19,20)/b12-9+,18-13-. The second-order valence-corrected chi connectivity index (χ2v) is 4.25. The van der Waals surface area contributed by atoms with E-state index in [-0.39, 0.29) is 5.91 Å². The molecular formula is C17H16N2O2. The van der Waals surface area contributed by atoms with Crippen LogP contribution in [0.3, 0.4) is 0 Å². The third kappa shape index (κ3) is 4.95. The number of rotatable bonds is 5. The van der Waals surface area contributed by atoms with Crippen molar-refractivity contribution in [3.63, 3.8) is 0 Å². The Morgan fingerprint density at radius 2 is 1.76 bits per heavy atom. The Morgan fingerprint density at radius 1 is 1.05 bits per heavy atom. The smallest absolute Gasteiger partial charge is 0.264 e. The highest BCUT2D eigenvalue weighted by atomic mass is 16.5. The molecule has 0 saturated heterocycles. The number of carbonyl (C=O) groups is 1. The fraction of sp³-hybridized carbons (Fsp3) is 0.0588. The van der Waals surface area contributed by atoms with Crippen LogP contribution in [0.5, 0.6) is 5.75 Å². The summed E-state index contributed by atoms with van der Waals surface area (Å²) in [7, 11) is 1.61. The van der Waals surface area contributed by atoms with Crippen LogP contribution in [-0.4, -0.2) is 19.2 Å². The van der Waals surface area contributed by atoms with Crippen molar-refractivity contribution in [1.82, 2.24) is 5.43 Å². The average molecular weight is 280 g/mol. The van der Waals surface area contributed by atoms with Gasteiger partial charge in [-0.3, -0.25) is 4.79 Å². The van der Waals surface area contributed by atoms with Gasteiger partial charge in [-0.15, -0.1) is 0 Å². The van der Waals surface area contributed by atoms with E-state index in [0.29, 0.717) is 0 Å². The van der Waals surface area contributed by atoms with E-state index in [1.165, 1.54) is 6.08 Å². The Labute approximate surface area is 123 Å². The molecule has 1 N–H and O–H groups in total. The Morgan fingerprint density at radius 3 is 2.43 bits per heavy atom. The molecule has 2 aromatic rings. The molecule has 21 heavy (non-hydrogen) atoms. The minimum absolute atomic E-state index is 0.274. The number of nitrogens with zero attached hydrogens (tertiary/aromatic N) is 1. The second kappa shape index (κ2) is 7.65. The summed E-state index contributed by atoms with van der Waals surface area (Å²) in [6, 6.07) is 17.0. The molecule has 2 rings (SSSR count). The van der Waals surface area contributed by atoms with Crippen LogP contribution in [0.1, 0.15) is 11.1 Å². The third-order valence-electron chi connectivity index (χ3n) is 2.73. The maximum atomic E-state index is 11.6. The molecule has 4 heteroatoms. The molecule has 0 aliphatic rings. The number of nitrogens with one attached hydrogen (secondary N) is 1. The average Bonchev–Trinajstić information content (AvgIpc) is 2.54. The predicted octanol–water partition coefficient (Wildman–Crippen LogP) is 2.86. The van der Waals surface area contributed by atoms with Gasteiger partial charge in [0.05, 0.1) is 13.3 Å². The Balaban J connectivity index is 1.85. The number of carbonyl (C=O) groups excluding carboxylic acids is 1. The summed E-state index contributed by atoms with van der Waals surface area (Å²) < 4.78 is 5.06. The zero-order valence-corrected chi connectivity index (χ0v) is 11.7. The number of hydrogen-bond donors (Lipinski definition) is 1. The molecule has 2 aromatic carbocycles. The predicted molar refractivity (Wildman–Crippen MR) is 84.2 cm³/mol. The highest BCUT2D eigenvalue weighted by Crippen LogP contribution is 2.09. The summed E-state index contributed by atoms with van der Waals surface area (Å²) in [4.78, 5) is 11.6. The van der Waals surface area contributed by atoms with Crippen LogP contribution in [0.2, 0.25) is 0 Å². The van der Waals surface area contributed by atoms with Gasteiger partial charge in [-0.25, -0.2) is 5.43 Å². The van der Waals surface area contributed by atoms with Crippen LogP contribution in [0.4, 0.5) is 0 Å². The zero-order valence-electron chi connectivity index (χ0n) is 11.7. The molecule has 4 nitrogen and oxygen atoms in total. The van der Waals surface area contributed by atoms with Gasteiger partial charge in [0.25, 0.3) is 5.91 Å². The number of hydrogen-bond acceptors (Lipinski definition) is 3. The lowest BCUT2D eigenvalue weighted by molar-refractivity contribution is -0.116. The number of amides is 1. The monoisotopic (exact) mass is 280 g/mol. The maximum Gasteiger partial charge on any atom is 0.264 e. The van der Waals surface area contributed by atoms with Gasteiger partial charge in [0.1, 0.15) is 5.75 Å². The van der Waals surface area contributed by atoms with Gasteiger partial charge in [0, 0.05) is 6.08 Å². The van der Waals surface area contributed by atoms with Crippen molar-refractivity contribution in [2.75, 3.05) is 7.11 Å². The number of hydrazone groups is 1. The van der Waals surface area contributed by atoms with Gasteiger partial charge < -0.3 is 4.74 Å². The Hall–Kier alpha value is -2.88. The summed E-state index contributed by atoms with van der Waals surface area (Å²) in [5.74, 6) is 0.505. The Bertz CT molecular complexity index is 632. The largest absolute Gasteiger partial charge is 0.497 e. The van der Waals surface area contributed by atoms with Crippen LogP contribution in [-0.2, 0) is 4.79 Å². The minimum atomic E-state index is -0.274. The number of ether oxygens (including phenoxy) is 1. The molecule has 0 atom stereocenters. The third-order valence-corrected chi connectivity index (χ3v) is 2.73. The van der Waals surface area contributed by atoms with Crippen molar-refractivity contribution in [2.24, 2.45) is 5.10 Å². The van der Waals surface area contributed by atoms with E-state index in [2.05, 4.69) is 10.5 Å². The van der Waals surface area contributed by atoms with E-state index in [9.17, 15) is 4.79 Å². The van der Waals surface area contributed by atoms with E-state index >= 15 is 0 Å². The first-order chi connectivity index (χ1) is 10.3. The lowest BCUT2D eigenvalue weighted by atomic mass is 10.2. The molecule has 0 bridgehead atoms. The Kier molecular flexibility index (Phi) is 5.29. The van der Waals surface area contributed by atoms with Crippen molar-refractivity contribution in [1.29, 1.82) is 0 Å². The van der Waals surface area contributed by atoms with Gasteiger partial charge in [0.15, 0.2) is 0 Å². The SMILES string of the molecule is COc1ccc(/C=N\NC(=O)/C=C/c2ccccc2)cc1. The molecule has 0 fully saturated rings. The van der Waals surface area contributed by atoms with Crippen LogP contribution in [0.15, 0.2) is 65.8 Å². The van der Waals surface area contributed by atoms with Crippen LogP contribution >= 0.6 is 0 Å². The topological polar surface area (TPSA) is 50.7 Å². The molecule has 0 unspecified atom stereocenters. The fourth-order valence-electron chi connectivity index (χ4n) is 1.63. The summed E-state index contributed by atoms with van der Waals surface area (Å²) in [5.41, 5.74) is 4.28. The van der Waals surface area contributed by atoms with E-state index in [0.717, 1.165) is 16.9 Å². The van der Waals surface area contributed by atoms with Crippen LogP contribution in [0.25, 0.3) is 6.08 Å². The first kappa shape index (κ1) is 14.5. The summed E-state index contributed by atoms with van der Waals surface area (Å²) >= 11 is 0. The van der Waals surface area contributed by atoms with Crippen LogP contribution < -0.4 is 10.2 Å². The van der Waals surface area contributed by atoms with Gasteiger partial charge >= 0.3 is 0 Å². The lowest BCUT2D eigenvalue weighted by Crippen LogP contribution is -2.14. The van der Waals surface area contributed by atoms with Gasteiger partial charge in [-0.2, -0.15) is 5.10 Å². The van der Waals surface area contributed by atoms with Crippen molar-refractivity contribution in [3.05, 3.63) is 71.8 Å². The second-order valence-electron chi connectivity index (χ2n) is 4.25. The lowest BCUT2D eigenvalue weighted by Gasteiger charge is -1.98. The van der Waals surface area contributed by atoms with E-state index in [1.54, 1.807) is 19.4 Å². The van der Waals surface area contributed by atoms with E-state index in [4.69, 9.17) is 4.74 Å². The quantitative estimate of drug-likeness (QED) is 0.520. The first-order valence-corrected chi connectivity index (χ1v) is 6.48. The highest BCUT2D eigenvalue weighted by molar-refractivity contribution is 5.92. The normalized spacial score (nSPS) is 10.9. The maximum absolute atomic E-state index is 11.6. The van der Waals surface area contributed by atoms with Crippen molar-refractivity contribution in [2.45, 2.75) is 0 Å². The first-order valence-electron chi connectivity index (χ1n) is 6.48. The van der Waals surface area contributed by atoms with E-state index < -0.39 is 0 Å². The van der Waals surface area contributed by atoms with Crippen molar-refractivity contribution < 1.29 is 9.53 Å². The molecule has 1 amide bonds. The van der Waals surface area contributed by atoms with Crippen molar-refractivity contribution >= 4 is 18.2 Å². The molecule has 0 heterocycles. The zero-order chi connectivity index (χ0) is 14.9. The fourth-order valence-corrected chi connectivity index (χ4v) is 1.63. The summed E-state index contributed by atoms with van der Waals surface area (Å²) in [5, 5.41) is 3.89. The molecule has 0 radical (unpaired) electrons. The van der Waals surface area contributed by atoms with Gasteiger partial charge in [0.2, 0.25) is 0 Å². The van der Waals surface area contributed by atoms with E-state index in [1.807, 2.05) is 54.6 Å². The number of methoxy groups -OCH3 is 1. The molecule has 0 aliphatic heterocycles. The highest BCUT2D eigenvalue weighted by Gasteiger charge is 1.93. The molecule has 0 aromatic heterocycles. The molecule has 106 valence electrons. The molecule has 0 aliphatic carbocycles. The molecular weight excluding hydrogens is 264 g/mol. The van der Waals surface area contributed by atoms with Gasteiger partial charge in [-0.1, -0.05) is 30.3 Å². The molecule has 0 spiro atoms. The van der Waals surface area contributed by atoms with Gasteiger partial charge in [-0.05, 0) is 41.5 Å². The molecule has 0 saturated carbocycles.